The summed E-state index contributed by atoms with van der Waals surface area (Å²) in [7, 11) is 0. The van der Waals surface area contributed by atoms with Gasteiger partial charge in [0.25, 0.3) is 0 Å². The van der Waals surface area contributed by atoms with Gasteiger partial charge in [0.15, 0.2) is 0 Å². The molecule has 2 N–H and O–H groups in total. The predicted molar refractivity (Wildman–Crippen MR) is 68.2 cm³/mol. The van der Waals surface area contributed by atoms with Crippen molar-refractivity contribution in [2.75, 3.05) is 18.0 Å². The number of hydrogen-bond acceptors (Lipinski definition) is 3. The molecule has 0 saturated heterocycles. The standard InChI is InChI=1S/C13H19N3/c1-4-9-16(10-5-2)13-12(11(3)14)7-6-8-15-13/h1,6-8,11H,5,9-10,14H2,2-3H3/t11-/m0/s1. The summed E-state index contributed by atoms with van der Waals surface area (Å²) in [5.74, 6) is 3.58. The first-order valence-corrected chi connectivity index (χ1v) is 5.59. The van der Waals surface area contributed by atoms with Crippen LogP contribution in [0.1, 0.15) is 31.9 Å². The van der Waals surface area contributed by atoms with Crippen LogP contribution >= 0.6 is 0 Å². The summed E-state index contributed by atoms with van der Waals surface area (Å²) >= 11 is 0. The van der Waals surface area contributed by atoms with Gasteiger partial charge in [0, 0.05) is 24.3 Å². The van der Waals surface area contributed by atoms with Gasteiger partial charge in [-0.2, -0.15) is 0 Å². The van der Waals surface area contributed by atoms with Crippen LogP contribution in [0.2, 0.25) is 0 Å². The second-order valence-electron chi connectivity index (χ2n) is 3.83. The Kier molecular flexibility index (Phi) is 4.81. The van der Waals surface area contributed by atoms with Gasteiger partial charge in [-0.25, -0.2) is 4.98 Å². The molecular formula is C13H19N3. The third kappa shape index (κ3) is 2.98. The normalized spacial score (nSPS) is 11.9. The highest BCUT2D eigenvalue weighted by atomic mass is 15.2. The van der Waals surface area contributed by atoms with Gasteiger partial charge in [-0.15, -0.1) is 6.42 Å². The fourth-order valence-corrected chi connectivity index (χ4v) is 1.67. The third-order valence-corrected chi connectivity index (χ3v) is 2.38. The van der Waals surface area contributed by atoms with E-state index in [1.165, 1.54) is 0 Å². The first kappa shape index (κ1) is 12.5. The molecule has 0 aromatic carbocycles. The number of nitrogens with two attached hydrogens (primary N) is 1. The third-order valence-electron chi connectivity index (χ3n) is 2.38. The summed E-state index contributed by atoms with van der Waals surface area (Å²) < 4.78 is 0. The van der Waals surface area contributed by atoms with Crippen LogP contribution < -0.4 is 10.6 Å². The topological polar surface area (TPSA) is 42.2 Å². The molecule has 86 valence electrons. The molecule has 1 heterocycles. The highest BCUT2D eigenvalue weighted by Crippen LogP contribution is 2.22. The van der Waals surface area contributed by atoms with E-state index in [0.717, 1.165) is 24.3 Å². The molecule has 0 unspecified atom stereocenters. The van der Waals surface area contributed by atoms with Gasteiger partial charge in [-0.3, -0.25) is 0 Å². The van der Waals surface area contributed by atoms with E-state index in [0.29, 0.717) is 6.54 Å². The van der Waals surface area contributed by atoms with E-state index >= 15 is 0 Å². The number of rotatable bonds is 5. The zero-order valence-corrected chi connectivity index (χ0v) is 9.98. The van der Waals surface area contributed by atoms with Crippen molar-refractivity contribution in [3.05, 3.63) is 23.9 Å². The van der Waals surface area contributed by atoms with E-state index in [-0.39, 0.29) is 6.04 Å². The SMILES string of the molecule is C#CCN(CCC)c1ncccc1[C@H](C)N. The van der Waals surface area contributed by atoms with Crippen molar-refractivity contribution in [1.82, 2.24) is 4.98 Å². The number of pyridine rings is 1. The van der Waals surface area contributed by atoms with Crippen LogP contribution in [0.25, 0.3) is 0 Å². The summed E-state index contributed by atoms with van der Waals surface area (Å²) in [5, 5.41) is 0. The van der Waals surface area contributed by atoms with Gasteiger partial charge in [0.1, 0.15) is 5.82 Å². The minimum atomic E-state index is -0.0270. The van der Waals surface area contributed by atoms with Crippen LogP contribution in [0.3, 0.4) is 0 Å². The lowest BCUT2D eigenvalue weighted by molar-refractivity contribution is 0.764. The summed E-state index contributed by atoms with van der Waals surface area (Å²) in [6.45, 7) is 5.56. The number of hydrogen-bond donors (Lipinski definition) is 1. The van der Waals surface area contributed by atoms with Gasteiger partial charge in [-0.05, 0) is 19.4 Å². The minimum Gasteiger partial charge on any atom is -0.345 e. The quantitative estimate of drug-likeness (QED) is 0.766. The zero-order valence-electron chi connectivity index (χ0n) is 9.98. The summed E-state index contributed by atoms with van der Waals surface area (Å²) in [6, 6.07) is 3.88. The van der Waals surface area contributed by atoms with E-state index < -0.39 is 0 Å². The van der Waals surface area contributed by atoms with E-state index in [4.69, 9.17) is 12.2 Å². The van der Waals surface area contributed by atoms with Gasteiger partial charge in [0.2, 0.25) is 0 Å². The largest absolute Gasteiger partial charge is 0.345 e. The van der Waals surface area contributed by atoms with E-state index in [1.807, 2.05) is 19.1 Å². The van der Waals surface area contributed by atoms with Crippen LogP contribution in [-0.4, -0.2) is 18.1 Å². The highest BCUT2D eigenvalue weighted by Gasteiger charge is 2.13. The van der Waals surface area contributed by atoms with Crippen LogP contribution in [0.5, 0.6) is 0 Å². The first-order chi connectivity index (χ1) is 7.70. The van der Waals surface area contributed by atoms with Crippen molar-refractivity contribution >= 4 is 5.82 Å². The van der Waals surface area contributed by atoms with Gasteiger partial charge in [-0.1, -0.05) is 18.9 Å². The molecule has 0 fully saturated rings. The Balaban J connectivity index is 3.03. The Bertz CT molecular complexity index is 366. The van der Waals surface area contributed by atoms with Crippen LogP contribution in [-0.2, 0) is 0 Å². The molecule has 0 radical (unpaired) electrons. The highest BCUT2D eigenvalue weighted by molar-refractivity contribution is 5.49. The molecule has 16 heavy (non-hydrogen) atoms. The van der Waals surface area contributed by atoms with E-state index in [2.05, 4.69) is 22.7 Å². The van der Waals surface area contributed by atoms with Crippen LogP contribution in [0, 0.1) is 12.3 Å². The monoisotopic (exact) mass is 217 g/mol. The lowest BCUT2D eigenvalue weighted by Crippen LogP contribution is -2.27. The molecule has 3 heteroatoms. The molecule has 0 bridgehead atoms. The Hall–Kier alpha value is -1.53. The maximum absolute atomic E-state index is 5.93. The lowest BCUT2D eigenvalue weighted by atomic mass is 10.1. The molecule has 0 aliphatic carbocycles. The molecule has 1 aromatic heterocycles. The Morgan fingerprint density at radius 1 is 1.62 bits per heavy atom. The summed E-state index contributed by atoms with van der Waals surface area (Å²) in [5.41, 5.74) is 6.97. The van der Waals surface area contributed by atoms with Gasteiger partial charge < -0.3 is 10.6 Å². The van der Waals surface area contributed by atoms with Crippen LogP contribution in [0.15, 0.2) is 18.3 Å². The fraction of sp³-hybridized carbons (Fsp3) is 0.462. The molecule has 1 atom stereocenters. The fourth-order valence-electron chi connectivity index (χ4n) is 1.67. The molecule has 0 amide bonds. The molecule has 0 saturated carbocycles. The molecule has 1 aromatic rings. The number of terminal acetylenes is 1. The second-order valence-corrected chi connectivity index (χ2v) is 3.83. The minimum absolute atomic E-state index is 0.0270. The Morgan fingerprint density at radius 3 is 2.94 bits per heavy atom. The van der Waals surface area contributed by atoms with E-state index in [9.17, 15) is 0 Å². The average molecular weight is 217 g/mol. The van der Waals surface area contributed by atoms with Gasteiger partial charge in [0.05, 0.1) is 6.54 Å². The molecule has 0 spiro atoms. The van der Waals surface area contributed by atoms with E-state index in [1.54, 1.807) is 6.20 Å². The molecular weight excluding hydrogens is 198 g/mol. The smallest absolute Gasteiger partial charge is 0.134 e. The Labute approximate surface area is 97.7 Å². The molecule has 3 nitrogen and oxygen atoms in total. The second kappa shape index (κ2) is 6.14. The number of anilines is 1. The number of nitrogens with zero attached hydrogens (tertiary/aromatic N) is 2. The van der Waals surface area contributed by atoms with Crippen molar-refractivity contribution in [1.29, 1.82) is 0 Å². The molecule has 0 aliphatic heterocycles. The van der Waals surface area contributed by atoms with Crippen molar-refractivity contribution in [3.8, 4) is 12.3 Å². The zero-order chi connectivity index (χ0) is 12.0. The van der Waals surface area contributed by atoms with Crippen molar-refractivity contribution < 1.29 is 0 Å². The van der Waals surface area contributed by atoms with Crippen molar-refractivity contribution in [2.24, 2.45) is 5.73 Å². The summed E-state index contributed by atoms with van der Waals surface area (Å²) in [4.78, 5) is 6.48. The predicted octanol–water partition coefficient (Wildman–Crippen LogP) is 1.95. The van der Waals surface area contributed by atoms with Gasteiger partial charge >= 0.3 is 0 Å². The molecule has 1 rings (SSSR count). The maximum atomic E-state index is 5.93. The first-order valence-electron chi connectivity index (χ1n) is 5.59. The van der Waals surface area contributed by atoms with Crippen LogP contribution in [0.4, 0.5) is 5.82 Å². The van der Waals surface area contributed by atoms with Crippen molar-refractivity contribution in [2.45, 2.75) is 26.3 Å². The summed E-state index contributed by atoms with van der Waals surface area (Å²) in [6.07, 6.45) is 8.19. The molecule has 0 aliphatic rings. The number of aromatic nitrogens is 1. The maximum Gasteiger partial charge on any atom is 0.134 e. The lowest BCUT2D eigenvalue weighted by Gasteiger charge is -2.24. The average Bonchev–Trinajstić information content (AvgIpc) is 2.29. The Morgan fingerprint density at radius 2 is 2.38 bits per heavy atom. The van der Waals surface area contributed by atoms with Crippen molar-refractivity contribution in [3.63, 3.8) is 0 Å².